The van der Waals surface area contributed by atoms with Crippen molar-refractivity contribution in [2.75, 3.05) is 5.32 Å². The van der Waals surface area contributed by atoms with Gasteiger partial charge in [-0.3, -0.25) is 10.1 Å². The third-order valence-corrected chi connectivity index (χ3v) is 7.29. The number of hydrogen-bond acceptors (Lipinski definition) is 5. The molecule has 7 heteroatoms. The third-order valence-electron chi connectivity index (χ3n) is 6.21. The van der Waals surface area contributed by atoms with Crippen molar-refractivity contribution in [2.45, 2.75) is 61.9 Å². The van der Waals surface area contributed by atoms with Gasteiger partial charge in [-0.1, -0.05) is 37.1 Å². The van der Waals surface area contributed by atoms with Gasteiger partial charge in [0, 0.05) is 52.4 Å². The van der Waals surface area contributed by atoms with E-state index in [4.69, 9.17) is 0 Å². The normalized spacial score (nSPS) is 19.4. The summed E-state index contributed by atoms with van der Waals surface area (Å²) in [7, 11) is 0. The van der Waals surface area contributed by atoms with Gasteiger partial charge in [-0.05, 0) is 49.6 Å². The minimum atomic E-state index is 0.263. The van der Waals surface area contributed by atoms with Gasteiger partial charge in [0.25, 0.3) is 0 Å². The molecule has 2 aromatic heterocycles. The second kappa shape index (κ2) is 8.85. The number of anilines is 1. The molecule has 3 aromatic rings. The fraction of sp³-hybridized carbons (Fsp3) is 0.375. The third kappa shape index (κ3) is 4.38. The monoisotopic (exact) mass is 433 g/mol. The molecule has 1 aromatic carbocycles. The molecule has 0 radical (unpaired) electrons. The van der Waals surface area contributed by atoms with Gasteiger partial charge >= 0.3 is 0 Å². The first-order chi connectivity index (χ1) is 15.2. The van der Waals surface area contributed by atoms with E-state index in [1.165, 1.54) is 48.3 Å². The van der Waals surface area contributed by atoms with E-state index in [9.17, 15) is 4.79 Å². The van der Waals surface area contributed by atoms with Gasteiger partial charge in [-0.15, -0.1) is 0 Å². The van der Waals surface area contributed by atoms with E-state index in [2.05, 4.69) is 43.2 Å². The Labute approximate surface area is 186 Å². The molecular formula is C24H27N5OS. The van der Waals surface area contributed by atoms with Crippen LogP contribution in [0, 0.1) is 0 Å². The number of aliphatic imine (C=N–C) groups is 1. The first kappa shape index (κ1) is 20.3. The fourth-order valence-corrected chi connectivity index (χ4v) is 5.68. The molecule has 5 rings (SSSR count). The number of aromatic nitrogens is 2. The fourth-order valence-electron chi connectivity index (χ4n) is 4.50. The maximum absolute atomic E-state index is 10.6. The van der Waals surface area contributed by atoms with Gasteiger partial charge in [-0.2, -0.15) is 0 Å². The van der Waals surface area contributed by atoms with Gasteiger partial charge in [-0.25, -0.2) is 9.98 Å². The van der Waals surface area contributed by atoms with Gasteiger partial charge in [0.15, 0.2) is 0 Å². The summed E-state index contributed by atoms with van der Waals surface area (Å²) < 4.78 is 2.10. The topological polar surface area (TPSA) is 70.8 Å². The summed E-state index contributed by atoms with van der Waals surface area (Å²) in [5.41, 5.74) is 6.36. The average Bonchev–Trinajstić information content (AvgIpc) is 3.37. The number of imidazole rings is 1. The molecule has 1 fully saturated rings. The summed E-state index contributed by atoms with van der Waals surface area (Å²) in [4.78, 5) is 20.3. The molecule has 3 heterocycles. The zero-order valence-electron chi connectivity index (χ0n) is 17.7. The van der Waals surface area contributed by atoms with Crippen LogP contribution in [0.1, 0.15) is 55.8 Å². The van der Waals surface area contributed by atoms with Crippen LogP contribution in [0.25, 0.3) is 5.65 Å². The Balaban J connectivity index is 1.29. The molecule has 1 amide bonds. The summed E-state index contributed by atoms with van der Waals surface area (Å²) in [5, 5.41) is 7.41. The maximum atomic E-state index is 10.6. The lowest BCUT2D eigenvalue weighted by molar-refractivity contribution is -0.106. The predicted molar refractivity (Wildman–Crippen MR) is 126 cm³/mol. The first-order valence-electron chi connectivity index (χ1n) is 11.0. The number of carbonyl (C=O) groups is 1. The van der Waals surface area contributed by atoms with Crippen molar-refractivity contribution in [3.05, 3.63) is 59.5 Å². The highest BCUT2D eigenvalue weighted by atomic mass is 32.2. The lowest BCUT2D eigenvalue weighted by atomic mass is 9.96. The highest BCUT2D eigenvalue weighted by molar-refractivity contribution is 8.00. The largest absolute Gasteiger partial charge is 0.360 e. The molecular weight excluding hydrogens is 406 g/mol. The molecule has 2 aliphatic rings. The Morgan fingerprint density at radius 1 is 1.29 bits per heavy atom. The van der Waals surface area contributed by atoms with Crippen LogP contribution in [0.5, 0.6) is 0 Å². The van der Waals surface area contributed by atoms with Gasteiger partial charge in [0.1, 0.15) is 11.1 Å². The number of nitrogens with zero attached hydrogens (tertiary/aromatic N) is 3. The number of pyridine rings is 1. The van der Waals surface area contributed by atoms with E-state index < -0.39 is 0 Å². The van der Waals surface area contributed by atoms with Crippen LogP contribution in [0.15, 0.2) is 52.6 Å². The molecule has 1 atom stereocenters. The summed E-state index contributed by atoms with van der Waals surface area (Å²) in [6.07, 6.45) is 12.0. The van der Waals surface area contributed by atoms with Crippen molar-refractivity contribution in [1.29, 1.82) is 0 Å². The Bertz CT molecular complexity index is 1130. The standard InChI is InChI=1S/C24H27N5OS/c1-16(26-15-30)18-9-10-29-20(14-25-23(29)13-18)11-17-7-8-21-22(12-17)31-24(28-21)27-19-5-3-2-4-6-19/h7-10,12-15,19,24,27-28H,2-6,11H2,1H3/b26-16-. The lowest BCUT2D eigenvalue weighted by Crippen LogP contribution is -2.40. The number of fused-ring (bicyclic) bond motifs is 2. The Morgan fingerprint density at radius 3 is 3.00 bits per heavy atom. The highest BCUT2D eigenvalue weighted by Gasteiger charge is 2.25. The molecule has 1 saturated carbocycles. The van der Waals surface area contributed by atoms with Crippen LogP contribution in [-0.2, 0) is 11.2 Å². The number of carbonyl (C=O) groups excluding carboxylic acids is 1. The van der Waals surface area contributed by atoms with E-state index in [-0.39, 0.29) is 5.50 Å². The SMILES string of the molecule is C/C(=N/C=O)c1ccn2c(Cc3ccc4c(c3)SC(NC3CCCCC3)N4)cnc2c1. The van der Waals surface area contributed by atoms with Gasteiger partial charge in [0.05, 0.1) is 0 Å². The number of benzene rings is 1. The second-order valence-corrected chi connectivity index (χ2v) is 9.51. The van der Waals surface area contributed by atoms with E-state index >= 15 is 0 Å². The van der Waals surface area contributed by atoms with Crippen LogP contribution in [0.2, 0.25) is 0 Å². The van der Waals surface area contributed by atoms with Crippen molar-refractivity contribution in [3.8, 4) is 0 Å². The summed E-state index contributed by atoms with van der Waals surface area (Å²) in [5.74, 6) is 0. The number of nitrogens with one attached hydrogen (secondary N) is 2. The molecule has 160 valence electrons. The average molecular weight is 434 g/mol. The molecule has 0 bridgehead atoms. The van der Waals surface area contributed by atoms with Gasteiger partial charge in [0.2, 0.25) is 6.41 Å². The number of hydrogen-bond donors (Lipinski definition) is 2. The molecule has 31 heavy (non-hydrogen) atoms. The van der Waals surface area contributed by atoms with Gasteiger partial charge < -0.3 is 9.72 Å². The zero-order chi connectivity index (χ0) is 21.2. The number of amides is 1. The smallest absolute Gasteiger partial charge is 0.233 e. The quantitative estimate of drug-likeness (QED) is 0.439. The highest BCUT2D eigenvalue weighted by Crippen LogP contribution is 2.39. The Kier molecular flexibility index (Phi) is 5.78. The van der Waals surface area contributed by atoms with E-state index in [0.717, 1.165) is 23.3 Å². The van der Waals surface area contributed by atoms with Crippen molar-refractivity contribution in [1.82, 2.24) is 14.7 Å². The minimum absolute atomic E-state index is 0.263. The molecule has 0 saturated heterocycles. The lowest BCUT2D eigenvalue weighted by Gasteiger charge is -2.26. The molecule has 2 N–H and O–H groups in total. The van der Waals surface area contributed by atoms with Crippen molar-refractivity contribution < 1.29 is 4.79 Å². The number of thioether (sulfide) groups is 1. The van der Waals surface area contributed by atoms with Crippen LogP contribution in [0.3, 0.4) is 0 Å². The molecule has 6 nitrogen and oxygen atoms in total. The van der Waals surface area contributed by atoms with Crippen LogP contribution in [0.4, 0.5) is 5.69 Å². The molecule has 1 aliphatic heterocycles. The van der Waals surface area contributed by atoms with E-state index in [1.54, 1.807) is 0 Å². The first-order valence-corrected chi connectivity index (χ1v) is 11.8. The molecule has 1 unspecified atom stereocenters. The maximum Gasteiger partial charge on any atom is 0.233 e. The molecule has 1 aliphatic carbocycles. The molecule has 0 spiro atoms. The zero-order valence-corrected chi connectivity index (χ0v) is 18.5. The van der Waals surface area contributed by atoms with E-state index in [0.29, 0.717) is 18.2 Å². The van der Waals surface area contributed by atoms with Crippen molar-refractivity contribution in [3.63, 3.8) is 0 Å². The predicted octanol–water partition coefficient (Wildman–Crippen LogP) is 4.61. The van der Waals surface area contributed by atoms with Crippen LogP contribution >= 0.6 is 11.8 Å². The Morgan fingerprint density at radius 2 is 2.16 bits per heavy atom. The minimum Gasteiger partial charge on any atom is -0.360 e. The van der Waals surface area contributed by atoms with Crippen LogP contribution < -0.4 is 10.6 Å². The van der Waals surface area contributed by atoms with Crippen molar-refractivity contribution in [2.24, 2.45) is 4.99 Å². The number of rotatable bonds is 6. The summed E-state index contributed by atoms with van der Waals surface area (Å²) >= 11 is 1.88. The second-order valence-electron chi connectivity index (χ2n) is 8.36. The van der Waals surface area contributed by atoms with Crippen LogP contribution in [-0.4, -0.2) is 33.0 Å². The summed E-state index contributed by atoms with van der Waals surface area (Å²) in [6, 6.07) is 11.3. The Hall–Kier alpha value is -2.64. The van der Waals surface area contributed by atoms with E-state index in [1.807, 2.05) is 43.2 Å². The van der Waals surface area contributed by atoms with Crippen molar-refractivity contribution >= 4 is 35.2 Å². The summed E-state index contributed by atoms with van der Waals surface area (Å²) in [6.45, 7) is 1.83.